The van der Waals surface area contributed by atoms with Crippen LogP contribution in [-0.2, 0) is 0 Å². The fourth-order valence-corrected chi connectivity index (χ4v) is 2.40. The average Bonchev–Trinajstić information content (AvgIpc) is 2.58. The minimum absolute atomic E-state index is 0.177. The van der Waals surface area contributed by atoms with Crippen molar-refractivity contribution in [3.05, 3.63) is 69.8 Å². The molecule has 0 spiro atoms. The van der Waals surface area contributed by atoms with Gasteiger partial charge in [0.1, 0.15) is 0 Å². The first kappa shape index (κ1) is 18.4. The van der Waals surface area contributed by atoms with Gasteiger partial charge in [0.2, 0.25) is 0 Å². The maximum atomic E-state index is 11.3. The number of hydrogen-bond donors (Lipinski definition) is 4. The third-order valence-corrected chi connectivity index (χ3v) is 3.55. The molecule has 0 radical (unpaired) electrons. The first-order valence-electron chi connectivity index (χ1n) is 7.11. The predicted molar refractivity (Wildman–Crippen MR) is 89.6 cm³/mol. The highest BCUT2D eigenvalue weighted by Gasteiger charge is 2.19. The molecule has 0 unspecified atom stereocenters. The molecule has 0 saturated heterocycles. The molecule has 0 heterocycles. The van der Waals surface area contributed by atoms with Crippen LogP contribution >= 0.6 is 0 Å². The van der Waals surface area contributed by atoms with Crippen molar-refractivity contribution in [2.24, 2.45) is 0 Å². The molecule has 0 aliphatic carbocycles. The van der Waals surface area contributed by atoms with Crippen molar-refractivity contribution >= 4 is 36.0 Å². The van der Waals surface area contributed by atoms with Crippen LogP contribution in [0, 0.1) is 0 Å². The number of benzene rings is 2. The molecule has 8 nitrogen and oxygen atoms in total. The van der Waals surface area contributed by atoms with Crippen LogP contribution in [0.1, 0.15) is 52.6 Å². The second-order valence-electron chi connectivity index (χ2n) is 5.09. The maximum Gasteiger partial charge on any atom is 0.336 e. The first-order valence-corrected chi connectivity index (χ1v) is 7.11. The van der Waals surface area contributed by atoms with Gasteiger partial charge in [-0.05, 0) is 24.3 Å². The molecule has 0 bridgehead atoms. The summed E-state index contributed by atoms with van der Waals surface area (Å²) in [5.74, 6) is -5.51. The number of hydrogen-bond acceptors (Lipinski definition) is 4. The zero-order chi connectivity index (χ0) is 19.4. The fourth-order valence-electron chi connectivity index (χ4n) is 2.40. The van der Waals surface area contributed by atoms with Gasteiger partial charge in [0.05, 0.1) is 22.3 Å². The molecule has 0 saturated carbocycles. The van der Waals surface area contributed by atoms with Gasteiger partial charge in [0.25, 0.3) is 0 Å². The van der Waals surface area contributed by atoms with E-state index >= 15 is 0 Å². The lowest BCUT2D eigenvalue weighted by atomic mass is 9.96. The van der Waals surface area contributed by atoms with E-state index in [4.69, 9.17) is 0 Å². The summed E-state index contributed by atoms with van der Waals surface area (Å²) in [6.07, 6.45) is 2.17. The predicted octanol–water partition coefficient (Wildman–Crippen LogP) is 2.65. The Bertz CT molecular complexity index is 814. The highest BCUT2D eigenvalue weighted by atomic mass is 16.4. The molecular formula is C18H12O8. The summed E-state index contributed by atoms with van der Waals surface area (Å²) < 4.78 is 0. The largest absolute Gasteiger partial charge is 0.478 e. The van der Waals surface area contributed by atoms with Crippen molar-refractivity contribution in [2.75, 3.05) is 0 Å². The molecule has 2 aromatic rings. The molecule has 132 valence electrons. The molecule has 0 amide bonds. The van der Waals surface area contributed by atoms with Crippen LogP contribution in [0.4, 0.5) is 0 Å². The fraction of sp³-hybridized carbons (Fsp3) is 0. The van der Waals surface area contributed by atoms with Gasteiger partial charge in [0, 0.05) is 11.1 Å². The Kier molecular flexibility index (Phi) is 5.17. The number of carboxylic acids is 4. The SMILES string of the molecule is O=C(O)c1cccc(C(=O)O)c1C=Cc1c(C(=O)O)cccc1C(=O)O. The van der Waals surface area contributed by atoms with Gasteiger partial charge >= 0.3 is 23.9 Å². The Balaban J connectivity index is 2.72. The molecule has 4 N–H and O–H groups in total. The minimum Gasteiger partial charge on any atom is -0.478 e. The number of carbonyl (C=O) groups is 4. The van der Waals surface area contributed by atoms with E-state index in [9.17, 15) is 39.6 Å². The topological polar surface area (TPSA) is 149 Å². The molecule has 2 rings (SSSR count). The van der Waals surface area contributed by atoms with Gasteiger partial charge in [-0.3, -0.25) is 0 Å². The van der Waals surface area contributed by atoms with Crippen LogP contribution in [-0.4, -0.2) is 44.3 Å². The first-order chi connectivity index (χ1) is 12.2. The summed E-state index contributed by atoms with van der Waals surface area (Å²) in [5, 5.41) is 37.0. The molecular weight excluding hydrogens is 344 g/mol. The summed E-state index contributed by atoms with van der Waals surface area (Å²) in [6, 6.07) is 7.28. The van der Waals surface area contributed by atoms with E-state index in [-0.39, 0.29) is 33.4 Å². The highest BCUT2D eigenvalue weighted by Crippen LogP contribution is 2.22. The lowest BCUT2D eigenvalue weighted by molar-refractivity contribution is 0.0675. The van der Waals surface area contributed by atoms with Gasteiger partial charge in [-0.25, -0.2) is 19.2 Å². The van der Waals surface area contributed by atoms with E-state index in [1.165, 1.54) is 36.4 Å². The smallest absolute Gasteiger partial charge is 0.336 e. The van der Waals surface area contributed by atoms with E-state index in [1.54, 1.807) is 0 Å². The molecule has 0 atom stereocenters. The van der Waals surface area contributed by atoms with E-state index in [0.717, 1.165) is 12.2 Å². The lowest BCUT2D eigenvalue weighted by Gasteiger charge is -2.08. The Morgan fingerprint density at radius 2 is 0.769 bits per heavy atom. The van der Waals surface area contributed by atoms with Crippen LogP contribution in [0.15, 0.2) is 36.4 Å². The van der Waals surface area contributed by atoms with Crippen LogP contribution in [0.2, 0.25) is 0 Å². The summed E-state index contributed by atoms with van der Waals surface area (Å²) in [6.45, 7) is 0. The molecule has 26 heavy (non-hydrogen) atoms. The summed E-state index contributed by atoms with van der Waals surface area (Å²) in [7, 11) is 0. The molecule has 0 fully saturated rings. The van der Waals surface area contributed by atoms with Crippen LogP contribution in [0.25, 0.3) is 12.2 Å². The standard InChI is InChI=1S/C18H12O8/c19-15(20)11-3-1-4-12(16(21)22)9(11)7-8-10-13(17(23)24)5-2-6-14(10)18(25)26/h1-8H,(H,19,20)(H,21,22)(H,23,24)(H,25,26). The van der Waals surface area contributed by atoms with Crippen LogP contribution in [0.5, 0.6) is 0 Å². The molecule has 0 aliphatic rings. The van der Waals surface area contributed by atoms with Crippen molar-refractivity contribution in [3.8, 4) is 0 Å². The van der Waals surface area contributed by atoms with Crippen LogP contribution in [0.3, 0.4) is 0 Å². The highest BCUT2D eigenvalue weighted by molar-refractivity contribution is 6.04. The maximum absolute atomic E-state index is 11.3. The van der Waals surface area contributed by atoms with E-state index in [2.05, 4.69) is 0 Å². The summed E-state index contributed by atoms with van der Waals surface area (Å²) in [5.41, 5.74) is -1.61. The van der Waals surface area contributed by atoms with Crippen molar-refractivity contribution in [1.29, 1.82) is 0 Å². The summed E-state index contributed by atoms with van der Waals surface area (Å²) >= 11 is 0. The summed E-state index contributed by atoms with van der Waals surface area (Å²) in [4.78, 5) is 45.4. The van der Waals surface area contributed by atoms with E-state index < -0.39 is 23.9 Å². The number of aromatic carboxylic acids is 4. The Hall–Kier alpha value is -3.94. The van der Waals surface area contributed by atoms with Crippen molar-refractivity contribution in [3.63, 3.8) is 0 Å². The van der Waals surface area contributed by atoms with Gasteiger partial charge in [-0.1, -0.05) is 24.3 Å². The van der Waals surface area contributed by atoms with Crippen LogP contribution < -0.4 is 0 Å². The van der Waals surface area contributed by atoms with Gasteiger partial charge in [0.15, 0.2) is 0 Å². The quantitative estimate of drug-likeness (QED) is 0.577. The van der Waals surface area contributed by atoms with E-state index in [0.29, 0.717) is 0 Å². The average molecular weight is 356 g/mol. The van der Waals surface area contributed by atoms with Gasteiger partial charge in [-0.15, -0.1) is 0 Å². The Labute approximate surface area is 146 Å². The third kappa shape index (κ3) is 3.59. The molecule has 0 aliphatic heterocycles. The minimum atomic E-state index is -1.38. The second-order valence-corrected chi connectivity index (χ2v) is 5.09. The van der Waals surface area contributed by atoms with Gasteiger partial charge < -0.3 is 20.4 Å². The van der Waals surface area contributed by atoms with Gasteiger partial charge in [-0.2, -0.15) is 0 Å². The second kappa shape index (κ2) is 7.31. The monoisotopic (exact) mass is 356 g/mol. The van der Waals surface area contributed by atoms with Crippen molar-refractivity contribution in [1.82, 2.24) is 0 Å². The molecule has 0 aromatic heterocycles. The third-order valence-electron chi connectivity index (χ3n) is 3.55. The zero-order valence-corrected chi connectivity index (χ0v) is 13.0. The Morgan fingerprint density at radius 1 is 0.538 bits per heavy atom. The Morgan fingerprint density at radius 3 is 0.962 bits per heavy atom. The number of rotatable bonds is 6. The lowest BCUT2D eigenvalue weighted by Crippen LogP contribution is -2.08. The zero-order valence-electron chi connectivity index (χ0n) is 13.0. The molecule has 2 aromatic carbocycles. The molecule has 8 heteroatoms. The van der Waals surface area contributed by atoms with Crippen molar-refractivity contribution in [2.45, 2.75) is 0 Å². The number of carboxylic acid groups (broad SMARTS) is 4. The normalized spacial score (nSPS) is 10.6. The van der Waals surface area contributed by atoms with Crippen molar-refractivity contribution < 1.29 is 39.6 Å². The van der Waals surface area contributed by atoms with E-state index in [1.807, 2.05) is 0 Å².